The number of amides is 1. The molecule has 0 aliphatic rings. The van der Waals surface area contributed by atoms with Crippen LogP contribution >= 0.6 is 0 Å². The highest BCUT2D eigenvalue weighted by molar-refractivity contribution is 5.75. The van der Waals surface area contributed by atoms with E-state index in [4.69, 9.17) is 4.74 Å². The maximum Gasteiger partial charge on any atom is 0.267 e. The highest BCUT2D eigenvalue weighted by Crippen LogP contribution is 2.24. The van der Waals surface area contributed by atoms with Crippen molar-refractivity contribution in [2.24, 2.45) is 0 Å². The number of rotatable bonds is 6. The summed E-state index contributed by atoms with van der Waals surface area (Å²) in [6.45, 7) is 4.02. The van der Waals surface area contributed by atoms with Gasteiger partial charge in [-0.15, -0.1) is 0 Å². The largest absolute Gasteiger partial charge is 0.496 e. The molecule has 0 unspecified atom stereocenters. The van der Waals surface area contributed by atoms with Crippen LogP contribution in [0.3, 0.4) is 0 Å². The summed E-state index contributed by atoms with van der Waals surface area (Å²) in [5.74, 6) is 0.537. The molecule has 0 atom stereocenters. The predicted octanol–water partition coefficient (Wildman–Crippen LogP) is 2.59. The zero-order chi connectivity index (χ0) is 21.0. The minimum Gasteiger partial charge on any atom is -0.496 e. The second kappa shape index (κ2) is 8.68. The molecule has 3 rings (SSSR count). The number of aromatic nitrogens is 3. The average Bonchev–Trinajstić information content (AvgIpc) is 2.72. The van der Waals surface area contributed by atoms with Crippen molar-refractivity contribution in [3.8, 4) is 17.0 Å². The first kappa shape index (κ1) is 20.3. The van der Waals surface area contributed by atoms with Crippen molar-refractivity contribution < 1.29 is 9.53 Å². The lowest BCUT2D eigenvalue weighted by Gasteiger charge is -2.19. The number of pyridine rings is 1. The molecule has 0 radical (unpaired) electrons. The summed E-state index contributed by atoms with van der Waals surface area (Å²) in [7, 11) is 3.30. The van der Waals surface area contributed by atoms with E-state index >= 15 is 0 Å². The van der Waals surface area contributed by atoms with Crippen LogP contribution < -0.4 is 10.3 Å². The fourth-order valence-corrected chi connectivity index (χ4v) is 3.12. The first-order valence-corrected chi connectivity index (χ1v) is 9.27. The summed E-state index contributed by atoms with van der Waals surface area (Å²) >= 11 is 0. The van der Waals surface area contributed by atoms with Crippen LogP contribution in [0.15, 0.2) is 53.5 Å². The molecule has 0 bridgehead atoms. The third-order valence-electron chi connectivity index (χ3n) is 4.78. The Balaban J connectivity index is 1.78. The van der Waals surface area contributed by atoms with Gasteiger partial charge in [0.25, 0.3) is 5.56 Å². The summed E-state index contributed by atoms with van der Waals surface area (Å²) in [6.07, 6.45) is 1.73. The van der Waals surface area contributed by atoms with Gasteiger partial charge in [-0.2, -0.15) is 5.10 Å². The molecule has 29 heavy (non-hydrogen) atoms. The number of methoxy groups -OCH3 is 1. The number of hydrogen-bond acceptors (Lipinski definition) is 5. The predicted molar refractivity (Wildman–Crippen MR) is 111 cm³/mol. The van der Waals surface area contributed by atoms with Gasteiger partial charge >= 0.3 is 0 Å². The quantitative estimate of drug-likeness (QED) is 0.644. The van der Waals surface area contributed by atoms with Gasteiger partial charge in [-0.05, 0) is 19.9 Å². The van der Waals surface area contributed by atoms with E-state index in [2.05, 4.69) is 10.1 Å². The van der Waals surface area contributed by atoms with Crippen molar-refractivity contribution in [2.45, 2.75) is 26.9 Å². The molecule has 0 aliphatic carbocycles. The zero-order valence-electron chi connectivity index (χ0n) is 17.0. The summed E-state index contributed by atoms with van der Waals surface area (Å²) < 4.78 is 6.62. The van der Waals surface area contributed by atoms with Crippen LogP contribution in [0.5, 0.6) is 5.75 Å². The first-order valence-electron chi connectivity index (χ1n) is 9.27. The van der Waals surface area contributed by atoms with E-state index in [1.165, 1.54) is 15.6 Å². The Labute approximate surface area is 169 Å². The molecule has 0 N–H and O–H groups in total. The first-order chi connectivity index (χ1) is 13.9. The molecule has 7 nitrogen and oxygen atoms in total. The van der Waals surface area contributed by atoms with Crippen LogP contribution in [0.25, 0.3) is 11.3 Å². The second-order valence-electron chi connectivity index (χ2n) is 6.88. The van der Waals surface area contributed by atoms with Gasteiger partial charge in [0.05, 0.1) is 25.0 Å². The molecule has 3 aromatic rings. The van der Waals surface area contributed by atoms with Crippen molar-refractivity contribution >= 4 is 5.91 Å². The highest BCUT2D eigenvalue weighted by atomic mass is 16.5. The zero-order valence-corrected chi connectivity index (χ0v) is 17.0. The fraction of sp³-hybridized carbons (Fsp3) is 0.273. The van der Waals surface area contributed by atoms with E-state index in [0.29, 0.717) is 12.2 Å². The molecule has 0 fully saturated rings. The summed E-state index contributed by atoms with van der Waals surface area (Å²) in [5.41, 5.74) is 3.79. The van der Waals surface area contributed by atoms with Gasteiger partial charge in [-0.1, -0.05) is 30.3 Å². The Bertz CT molecular complexity index is 1080. The third-order valence-corrected chi connectivity index (χ3v) is 4.78. The van der Waals surface area contributed by atoms with E-state index < -0.39 is 0 Å². The number of carbonyl (C=O) groups excluding carboxylic acids is 1. The molecule has 2 heterocycles. The second-order valence-corrected chi connectivity index (χ2v) is 6.88. The average molecular weight is 392 g/mol. The van der Waals surface area contributed by atoms with E-state index in [9.17, 15) is 9.59 Å². The minimum absolute atomic E-state index is 0.141. The summed E-state index contributed by atoms with van der Waals surface area (Å²) in [6, 6.07) is 12.6. The van der Waals surface area contributed by atoms with Crippen LogP contribution in [0.2, 0.25) is 0 Å². The van der Waals surface area contributed by atoms with Crippen LogP contribution in [-0.4, -0.2) is 39.7 Å². The van der Waals surface area contributed by atoms with E-state index in [-0.39, 0.29) is 18.0 Å². The van der Waals surface area contributed by atoms with Crippen molar-refractivity contribution in [3.63, 3.8) is 0 Å². The normalized spacial score (nSPS) is 10.6. The Morgan fingerprint density at radius 2 is 1.86 bits per heavy atom. The number of benzene rings is 1. The molecular weight excluding hydrogens is 368 g/mol. The summed E-state index contributed by atoms with van der Waals surface area (Å²) in [5, 5.41) is 4.35. The Morgan fingerprint density at radius 3 is 2.55 bits per heavy atom. The maximum absolute atomic E-state index is 12.7. The molecule has 1 amide bonds. The van der Waals surface area contributed by atoms with Crippen molar-refractivity contribution in [1.29, 1.82) is 0 Å². The molecule has 0 saturated heterocycles. The number of aryl methyl sites for hydroxylation is 1. The number of carbonyl (C=O) groups is 1. The van der Waals surface area contributed by atoms with Gasteiger partial charge in [0.2, 0.25) is 5.91 Å². The third kappa shape index (κ3) is 4.51. The van der Waals surface area contributed by atoms with Crippen molar-refractivity contribution in [1.82, 2.24) is 19.7 Å². The monoisotopic (exact) mass is 392 g/mol. The van der Waals surface area contributed by atoms with Crippen LogP contribution in [0.4, 0.5) is 0 Å². The summed E-state index contributed by atoms with van der Waals surface area (Å²) in [4.78, 5) is 30.9. The van der Waals surface area contributed by atoms with Crippen molar-refractivity contribution in [3.05, 3.63) is 75.8 Å². The molecule has 0 spiro atoms. The topological polar surface area (TPSA) is 77.3 Å². The van der Waals surface area contributed by atoms with Gasteiger partial charge in [-0.3, -0.25) is 14.6 Å². The van der Waals surface area contributed by atoms with Crippen LogP contribution in [0.1, 0.15) is 16.8 Å². The standard InChI is InChI=1S/C22H24N4O3/c1-15-12-23-19(16(2)22(15)29-4)13-25(3)21(28)14-26-20(27)11-10-18(24-26)17-8-6-5-7-9-17/h5-12H,13-14H2,1-4H3. The minimum atomic E-state index is -0.322. The molecule has 0 aliphatic heterocycles. The van der Waals surface area contributed by atoms with E-state index in [1.54, 1.807) is 26.4 Å². The molecular formula is C22H24N4O3. The molecule has 1 aromatic carbocycles. The molecule has 2 aromatic heterocycles. The van der Waals surface area contributed by atoms with Gasteiger partial charge < -0.3 is 9.64 Å². The Kier molecular flexibility index (Phi) is 6.07. The maximum atomic E-state index is 12.7. The Hall–Kier alpha value is -3.48. The number of ether oxygens (including phenoxy) is 1. The van der Waals surface area contributed by atoms with Crippen LogP contribution in [0, 0.1) is 13.8 Å². The smallest absolute Gasteiger partial charge is 0.267 e. The van der Waals surface area contributed by atoms with Crippen LogP contribution in [-0.2, 0) is 17.9 Å². The van der Waals surface area contributed by atoms with E-state index in [0.717, 1.165) is 28.1 Å². The lowest BCUT2D eigenvalue weighted by molar-refractivity contribution is -0.131. The number of likely N-dealkylation sites (N-methyl/N-ethyl adjacent to an activating group) is 1. The SMILES string of the molecule is COc1c(C)cnc(CN(C)C(=O)Cn2nc(-c3ccccc3)ccc2=O)c1C. The van der Waals surface area contributed by atoms with Gasteiger partial charge in [0.15, 0.2) is 0 Å². The van der Waals surface area contributed by atoms with Gasteiger partial charge in [0, 0.05) is 36.0 Å². The van der Waals surface area contributed by atoms with Gasteiger partial charge in [0.1, 0.15) is 12.3 Å². The molecule has 7 heteroatoms. The lowest BCUT2D eigenvalue weighted by Crippen LogP contribution is -2.35. The molecule has 150 valence electrons. The van der Waals surface area contributed by atoms with Gasteiger partial charge in [-0.25, -0.2) is 4.68 Å². The van der Waals surface area contributed by atoms with E-state index in [1.807, 2.05) is 44.2 Å². The van der Waals surface area contributed by atoms with Crippen molar-refractivity contribution in [2.75, 3.05) is 14.2 Å². The Morgan fingerprint density at radius 1 is 1.14 bits per heavy atom. The fourth-order valence-electron chi connectivity index (χ4n) is 3.12. The number of hydrogen-bond donors (Lipinski definition) is 0. The highest BCUT2D eigenvalue weighted by Gasteiger charge is 2.16. The lowest BCUT2D eigenvalue weighted by atomic mass is 10.1. The molecule has 0 saturated carbocycles. The number of nitrogens with zero attached hydrogens (tertiary/aromatic N) is 4.